The zero-order valence-electron chi connectivity index (χ0n) is 29.8. The lowest BCUT2D eigenvalue weighted by Crippen LogP contribution is -2.48. The van der Waals surface area contributed by atoms with Gasteiger partial charge in [0.2, 0.25) is 0 Å². The molecule has 252 valence electrons. The average molecular weight is 663 g/mol. The molecule has 5 aliphatic carbocycles. The van der Waals surface area contributed by atoms with Gasteiger partial charge in [-0.25, -0.2) is 0 Å². The van der Waals surface area contributed by atoms with E-state index in [1.54, 1.807) is 5.56 Å². The Morgan fingerprint density at radius 2 is 0.863 bits per heavy atom. The van der Waals surface area contributed by atoms with E-state index in [2.05, 4.69) is 175 Å². The molecule has 5 aliphatic rings. The van der Waals surface area contributed by atoms with E-state index in [9.17, 15) is 0 Å². The van der Waals surface area contributed by atoms with E-state index in [4.69, 9.17) is 0 Å². The van der Waals surface area contributed by atoms with Crippen LogP contribution in [-0.2, 0) is 10.8 Å². The lowest BCUT2D eigenvalue weighted by atomic mass is 9.48. The van der Waals surface area contributed by atoms with Crippen molar-refractivity contribution in [2.45, 2.75) is 63.2 Å². The van der Waals surface area contributed by atoms with Gasteiger partial charge in [0.1, 0.15) is 0 Å². The summed E-state index contributed by atoms with van der Waals surface area (Å²) in [5, 5.41) is 0. The van der Waals surface area contributed by atoms with Gasteiger partial charge in [-0.15, -0.1) is 0 Å². The summed E-state index contributed by atoms with van der Waals surface area (Å²) in [6, 6.07) is 56.5. The van der Waals surface area contributed by atoms with Crippen LogP contribution in [0.15, 0.2) is 152 Å². The Kier molecular flexibility index (Phi) is 7.07. The molecule has 0 radical (unpaired) electrons. The predicted molar refractivity (Wildman–Crippen MR) is 213 cm³/mol. The van der Waals surface area contributed by atoms with Crippen LogP contribution in [0.25, 0.3) is 11.1 Å². The highest BCUT2D eigenvalue weighted by Crippen LogP contribution is 2.61. The summed E-state index contributed by atoms with van der Waals surface area (Å²) in [4.78, 5) is 4.84. The maximum Gasteiger partial charge on any atom is 0.0482 e. The third-order valence-corrected chi connectivity index (χ3v) is 13.0. The summed E-state index contributed by atoms with van der Waals surface area (Å²) in [5.41, 5.74) is 14.4. The summed E-state index contributed by atoms with van der Waals surface area (Å²) < 4.78 is 0. The predicted octanol–water partition coefficient (Wildman–Crippen LogP) is 13.4. The lowest BCUT2D eigenvalue weighted by Gasteiger charge is -2.57. The minimum absolute atomic E-state index is 0.0244. The van der Waals surface area contributed by atoms with Crippen LogP contribution in [-0.4, -0.2) is 0 Å². The number of hydrogen-bond donors (Lipinski definition) is 0. The van der Waals surface area contributed by atoms with E-state index in [0.717, 1.165) is 40.5 Å². The third-order valence-electron chi connectivity index (χ3n) is 13.0. The molecule has 0 N–H and O–H groups in total. The molecule has 4 fully saturated rings. The molecular formula is C49H46N2. The Balaban J connectivity index is 1.06. The largest absolute Gasteiger partial charge is 0.310 e. The topological polar surface area (TPSA) is 6.48 Å². The Hall–Kier alpha value is -5.08. The first kappa shape index (κ1) is 30.7. The molecule has 0 amide bonds. The summed E-state index contributed by atoms with van der Waals surface area (Å²) >= 11 is 0. The van der Waals surface area contributed by atoms with Gasteiger partial charge in [-0.2, -0.15) is 0 Å². The second kappa shape index (κ2) is 11.7. The molecule has 0 atom stereocenters. The molecule has 6 aromatic rings. The highest BCUT2D eigenvalue weighted by Gasteiger charge is 2.51. The maximum absolute atomic E-state index is 2.47. The molecule has 0 aromatic heterocycles. The summed E-state index contributed by atoms with van der Waals surface area (Å²) in [6.07, 6.45) is 8.61. The van der Waals surface area contributed by atoms with Crippen molar-refractivity contribution in [1.82, 2.24) is 0 Å². The van der Waals surface area contributed by atoms with Crippen LogP contribution in [0.1, 0.15) is 69.1 Å². The van der Waals surface area contributed by atoms with Gasteiger partial charge in [-0.05, 0) is 156 Å². The van der Waals surface area contributed by atoms with Gasteiger partial charge in [0.25, 0.3) is 0 Å². The first-order valence-electron chi connectivity index (χ1n) is 19.1. The third kappa shape index (κ3) is 5.06. The van der Waals surface area contributed by atoms with Crippen LogP contribution in [0.2, 0.25) is 0 Å². The van der Waals surface area contributed by atoms with E-state index < -0.39 is 0 Å². The van der Waals surface area contributed by atoms with Gasteiger partial charge in [0.05, 0.1) is 0 Å². The molecule has 0 unspecified atom stereocenters. The highest BCUT2D eigenvalue weighted by atomic mass is 15.2. The van der Waals surface area contributed by atoms with E-state index in [-0.39, 0.29) is 5.41 Å². The van der Waals surface area contributed by atoms with Crippen LogP contribution in [0, 0.1) is 17.8 Å². The molecule has 11 rings (SSSR count). The Bertz CT molecular complexity index is 2180. The molecule has 0 spiro atoms. The minimum Gasteiger partial charge on any atom is -0.310 e. The van der Waals surface area contributed by atoms with Crippen LogP contribution < -0.4 is 9.80 Å². The molecule has 4 saturated carbocycles. The van der Waals surface area contributed by atoms with Crippen molar-refractivity contribution in [3.63, 3.8) is 0 Å². The smallest absolute Gasteiger partial charge is 0.0482 e. The molecule has 0 heterocycles. The normalized spacial score (nSPS) is 23.5. The van der Waals surface area contributed by atoms with Crippen LogP contribution in [0.4, 0.5) is 34.1 Å². The highest BCUT2D eigenvalue weighted by molar-refractivity contribution is 5.88. The molecule has 2 nitrogen and oxygen atoms in total. The number of nitrogens with zero attached hydrogens (tertiary/aromatic N) is 2. The SMILES string of the molecule is CC1(C)c2ccccc2-c2cc(N(c3ccccc3)c3cccc(N(c4ccccc4)c4ccc(C56CC7CC(CC(C7)C5)C6)cc4)c3)ccc21. The number of para-hydroxylation sites is 2. The van der Waals surface area contributed by atoms with Crippen LogP contribution >= 0.6 is 0 Å². The second-order valence-corrected chi connectivity index (χ2v) is 16.5. The molecule has 0 saturated heterocycles. The van der Waals surface area contributed by atoms with Crippen molar-refractivity contribution in [3.05, 3.63) is 168 Å². The van der Waals surface area contributed by atoms with Gasteiger partial charge in [0, 0.05) is 39.5 Å². The molecule has 51 heavy (non-hydrogen) atoms. The van der Waals surface area contributed by atoms with Crippen molar-refractivity contribution in [3.8, 4) is 11.1 Å². The van der Waals surface area contributed by atoms with E-state index in [1.165, 1.54) is 72.2 Å². The van der Waals surface area contributed by atoms with E-state index >= 15 is 0 Å². The average Bonchev–Trinajstić information content (AvgIpc) is 3.38. The molecule has 2 heteroatoms. The number of anilines is 6. The first-order chi connectivity index (χ1) is 24.9. The second-order valence-electron chi connectivity index (χ2n) is 16.5. The molecule has 4 bridgehead atoms. The fourth-order valence-corrected chi connectivity index (χ4v) is 11.1. The monoisotopic (exact) mass is 662 g/mol. The Morgan fingerprint density at radius 3 is 1.47 bits per heavy atom. The van der Waals surface area contributed by atoms with Crippen molar-refractivity contribution in [2.75, 3.05) is 9.80 Å². The van der Waals surface area contributed by atoms with Crippen LogP contribution in [0.5, 0.6) is 0 Å². The van der Waals surface area contributed by atoms with Crippen molar-refractivity contribution in [1.29, 1.82) is 0 Å². The van der Waals surface area contributed by atoms with Crippen molar-refractivity contribution >= 4 is 34.1 Å². The van der Waals surface area contributed by atoms with Gasteiger partial charge >= 0.3 is 0 Å². The van der Waals surface area contributed by atoms with Gasteiger partial charge in [0.15, 0.2) is 0 Å². The standard InChI is InChI=1S/C49H46N2/c1-48(2)46-19-10-9-18-44(46)45-30-43(24-25-47(45)48)51(39-14-7-4-8-15-39)42-17-11-16-41(29-42)50(38-12-5-3-6-13-38)40-22-20-37(21-23-40)49-31-34-26-35(32-49)28-36(27-34)33-49/h3-25,29-30,34-36H,26-28,31-33H2,1-2H3. The minimum atomic E-state index is -0.0244. The van der Waals surface area contributed by atoms with E-state index in [0.29, 0.717) is 5.41 Å². The Morgan fingerprint density at radius 1 is 0.412 bits per heavy atom. The molecular weight excluding hydrogens is 617 g/mol. The van der Waals surface area contributed by atoms with Crippen LogP contribution in [0.3, 0.4) is 0 Å². The quantitative estimate of drug-likeness (QED) is 0.168. The fraction of sp³-hybridized carbons (Fsp3) is 0.265. The van der Waals surface area contributed by atoms with Crippen molar-refractivity contribution in [2.24, 2.45) is 17.8 Å². The zero-order valence-corrected chi connectivity index (χ0v) is 29.8. The number of fused-ring (bicyclic) bond motifs is 3. The molecule has 0 aliphatic heterocycles. The van der Waals surface area contributed by atoms with Gasteiger partial charge in [-0.1, -0.05) is 98.8 Å². The number of benzene rings is 6. The number of rotatable bonds is 7. The summed E-state index contributed by atoms with van der Waals surface area (Å²) in [6.45, 7) is 4.70. The fourth-order valence-electron chi connectivity index (χ4n) is 11.1. The first-order valence-corrected chi connectivity index (χ1v) is 19.1. The Labute approximate surface area is 303 Å². The van der Waals surface area contributed by atoms with E-state index in [1.807, 2.05) is 0 Å². The van der Waals surface area contributed by atoms with Gasteiger partial charge < -0.3 is 9.80 Å². The summed E-state index contributed by atoms with van der Waals surface area (Å²) in [5.74, 6) is 2.83. The van der Waals surface area contributed by atoms with Crippen molar-refractivity contribution < 1.29 is 0 Å². The number of hydrogen-bond acceptors (Lipinski definition) is 2. The molecule has 6 aromatic carbocycles. The summed E-state index contributed by atoms with van der Waals surface area (Å²) in [7, 11) is 0. The van der Waals surface area contributed by atoms with Gasteiger partial charge in [-0.3, -0.25) is 0 Å². The maximum atomic E-state index is 2.47. The lowest BCUT2D eigenvalue weighted by molar-refractivity contribution is -0.00518. The zero-order chi connectivity index (χ0) is 34.2.